The maximum absolute atomic E-state index is 11.4. The largest absolute Gasteiger partial charge is 0.352 e. The molecule has 1 aromatic rings. The first kappa shape index (κ1) is 11.2. The number of amides is 1. The van der Waals surface area contributed by atoms with Gasteiger partial charge in [-0.1, -0.05) is 38.1 Å². The van der Waals surface area contributed by atoms with Crippen LogP contribution in [0, 0.1) is 5.92 Å². The Morgan fingerprint density at radius 1 is 1.31 bits per heavy atom. The molecule has 0 aliphatic heterocycles. The minimum Gasteiger partial charge on any atom is -0.352 e. The molecule has 0 atom stereocenters. The van der Waals surface area contributed by atoms with E-state index in [1.807, 2.05) is 13.8 Å². The van der Waals surface area contributed by atoms with E-state index in [1.54, 1.807) is 0 Å². The summed E-state index contributed by atoms with van der Waals surface area (Å²) in [7, 11) is 0. The first-order chi connectivity index (χ1) is 7.66. The molecule has 86 valence electrons. The monoisotopic (exact) mass is 217 g/mol. The Hall–Kier alpha value is -1.31. The molecule has 0 aromatic heterocycles. The van der Waals surface area contributed by atoms with Gasteiger partial charge in [0, 0.05) is 12.5 Å². The van der Waals surface area contributed by atoms with E-state index >= 15 is 0 Å². The Balaban J connectivity index is 1.87. The molecule has 1 amide bonds. The molecule has 1 aliphatic carbocycles. The van der Waals surface area contributed by atoms with Crippen molar-refractivity contribution >= 4 is 5.91 Å². The molecule has 0 heterocycles. The van der Waals surface area contributed by atoms with Crippen LogP contribution in [-0.4, -0.2) is 5.91 Å². The number of hydrogen-bond acceptors (Lipinski definition) is 1. The molecule has 0 radical (unpaired) electrons. The second-order valence-corrected chi connectivity index (χ2v) is 4.89. The van der Waals surface area contributed by atoms with E-state index in [9.17, 15) is 4.79 Å². The quantitative estimate of drug-likeness (QED) is 0.825. The first-order valence-electron chi connectivity index (χ1n) is 6.03. The predicted octanol–water partition coefficient (Wildman–Crippen LogP) is 2.84. The fourth-order valence-corrected chi connectivity index (χ4v) is 1.72. The van der Waals surface area contributed by atoms with Gasteiger partial charge in [-0.15, -0.1) is 0 Å². The van der Waals surface area contributed by atoms with Gasteiger partial charge < -0.3 is 5.32 Å². The van der Waals surface area contributed by atoms with E-state index in [2.05, 4.69) is 29.6 Å². The van der Waals surface area contributed by atoms with Gasteiger partial charge in [-0.2, -0.15) is 0 Å². The van der Waals surface area contributed by atoms with Crippen LogP contribution in [0.5, 0.6) is 0 Å². The zero-order chi connectivity index (χ0) is 11.5. The normalized spacial score (nSPS) is 15.2. The van der Waals surface area contributed by atoms with E-state index in [0.717, 1.165) is 5.92 Å². The fourth-order valence-electron chi connectivity index (χ4n) is 1.72. The number of rotatable bonds is 4. The lowest BCUT2D eigenvalue weighted by atomic mass is 10.1. The molecule has 0 spiro atoms. The molecule has 1 saturated carbocycles. The predicted molar refractivity (Wildman–Crippen MR) is 65.1 cm³/mol. The minimum absolute atomic E-state index is 0.0609. The maximum Gasteiger partial charge on any atom is 0.222 e. The van der Waals surface area contributed by atoms with Crippen LogP contribution < -0.4 is 5.32 Å². The van der Waals surface area contributed by atoms with Gasteiger partial charge in [0.1, 0.15) is 0 Å². The van der Waals surface area contributed by atoms with Crippen molar-refractivity contribution in [2.24, 2.45) is 5.92 Å². The highest BCUT2D eigenvalue weighted by Gasteiger charge is 2.22. The molecule has 0 saturated heterocycles. The summed E-state index contributed by atoms with van der Waals surface area (Å²) in [5.74, 6) is 0.983. The van der Waals surface area contributed by atoms with E-state index in [1.165, 1.54) is 24.0 Å². The number of carbonyl (C=O) groups excluding carboxylic acids is 1. The van der Waals surface area contributed by atoms with Gasteiger partial charge in [-0.05, 0) is 29.9 Å². The molecule has 2 heteroatoms. The van der Waals surface area contributed by atoms with Gasteiger partial charge in [0.15, 0.2) is 0 Å². The van der Waals surface area contributed by atoms with Crippen molar-refractivity contribution in [3.8, 4) is 0 Å². The summed E-state index contributed by atoms with van der Waals surface area (Å²) in [4.78, 5) is 11.4. The summed E-state index contributed by atoms with van der Waals surface area (Å²) in [6, 6.07) is 8.62. The summed E-state index contributed by atoms with van der Waals surface area (Å²) in [5, 5.41) is 2.92. The molecule has 0 bridgehead atoms. The first-order valence-corrected chi connectivity index (χ1v) is 6.03. The second kappa shape index (κ2) is 4.69. The van der Waals surface area contributed by atoms with Crippen molar-refractivity contribution < 1.29 is 4.79 Å². The molecule has 16 heavy (non-hydrogen) atoms. The fraction of sp³-hybridized carbons (Fsp3) is 0.500. The number of benzene rings is 1. The average Bonchev–Trinajstić information content (AvgIpc) is 3.10. The van der Waals surface area contributed by atoms with E-state index in [0.29, 0.717) is 6.54 Å². The van der Waals surface area contributed by atoms with Crippen LogP contribution in [-0.2, 0) is 11.3 Å². The third kappa shape index (κ3) is 2.84. The van der Waals surface area contributed by atoms with Crippen LogP contribution in [0.3, 0.4) is 0 Å². The number of nitrogens with one attached hydrogen (secondary N) is 1. The van der Waals surface area contributed by atoms with Crippen LogP contribution >= 0.6 is 0 Å². The molecule has 1 fully saturated rings. The molecule has 1 aliphatic rings. The lowest BCUT2D eigenvalue weighted by Gasteiger charge is -2.08. The highest BCUT2D eigenvalue weighted by atomic mass is 16.1. The van der Waals surface area contributed by atoms with E-state index in [-0.39, 0.29) is 11.8 Å². The zero-order valence-corrected chi connectivity index (χ0v) is 9.99. The highest BCUT2D eigenvalue weighted by Crippen LogP contribution is 2.39. The second-order valence-electron chi connectivity index (χ2n) is 4.89. The van der Waals surface area contributed by atoms with Crippen LogP contribution in [0.4, 0.5) is 0 Å². The topological polar surface area (TPSA) is 29.1 Å². The Morgan fingerprint density at radius 2 is 1.94 bits per heavy atom. The summed E-state index contributed by atoms with van der Waals surface area (Å²) >= 11 is 0. The Kier molecular flexibility index (Phi) is 3.28. The van der Waals surface area contributed by atoms with Gasteiger partial charge in [-0.3, -0.25) is 4.79 Å². The van der Waals surface area contributed by atoms with Crippen LogP contribution in [0.2, 0.25) is 0 Å². The zero-order valence-electron chi connectivity index (χ0n) is 9.99. The van der Waals surface area contributed by atoms with Crippen molar-refractivity contribution in [1.82, 2.24) is 5.32 Å². The standard InChI is InChI=1S/C14H19NO/c1-10(2)14(16)15-9-11-3-5-12(6-4-11)13-7-8-13/h3-6,10,13H,7-9H2,1-2H3,(H,15,16). The summed E-state index contributed by atoms with van der Waals surface area (Å²) in [6.45, 7) is 4.46. The maximum atomic E-state index is 11.4. The molecule has 1 aromatic carbocycles. The molecular weight excluding hydrogens is 198 g/mol. The van der Waals surface area contributed by atoms with E-state index in [4.69, 9.17) is 0 Å². The minimum atomic E-state index is 0.0609. The third-order valence-electron chi connectivity index (χ3n) is 3.02. The van der Waals surface area contributed by atoms with Crippen molar-refractivity contribution in [1.29, 1.82) is 0 Å². The summed E-state index contributed by atoms with van der Waals surface area (Å²) in [6.07, 6.45) is 2.67. The number of hydrogen-bond donors (Lipinski definition) is 1. The number of carbonyl (C=O) groups is 1. The van der Waals surface area contributed by atoms with Crippen molar-refractivity contribution in [3.63, 3.8) is 0 Å². The molecule has 1 N–H and O–H groups in total. The summed E-state index contributed by atoms with van der Waals surface area (Å²) in [5.41, 5.74) is 2.62. The van der Waals surface area contributed by atoms with Gasteiger partial charge in [0.2, 0.25) is 5.91 Å². The smallest absolute Gasteiger partial charge is 0.222 e. The van der Waals surface area contributed by atoms with Gasteiger partial charge in [-0.25, -0.2) is 0 Å². The Labute approximate surface area is 97.1 Å². The SMILES string of the molecule is CC(C)C(=O)NCc1ccc(C2CC2)cc1. The lowest BCUT2D eigenvalue weighted by molar-refractivity contribution is -0.124. The lowest BCUT2D eigenvalue weighted by Crippen LogP contribution is -2.27. The van der Waals surface area contributed by atoms with Crippen LogP contribution in [0.1, 0.15) is 43.7 Å². The van der Waals surface area contributed by atoms with E-state index < -0.39 is 0 Å². The van der Waals surface area contributed by atoms with Gasteiger partial charge in [0.25, 0.3) is 0 Å². The molecule has 2 rings (SSSR count). The van der Waals surface area contributed by atoms with Gasteiger partial charge in [0.05, 0.1) is 0 Å². The average molecular weight is 217 g/mol. The van der Waals surface area contributed by atoms with Crippen molar-refractivity contribution in [3.05, 3.63) is 35.4 Å². The third-order valence-corrected chi connectivity index (χ3v) is 3.02. The molecule has 0 unspecified atom stereocenters. The van der Waals surface area contributed by atoms with Gasteiger partial charge >= 0.3 is 0 Å². The van der Waals surface area contributed by atoms with Crippen molar-refractivity contribution in [2.45, 2.75) is 39.2 Å². The van der Waals surface area contributed by atoms with Crippen LogP contribution in [0.25, 0.3) is 0 Å². The highest BCUT2D eigenvalue weighted by molar-refractivity contribution is 5.77. The molecule has 2 nitrogen and oxygen atoms in total. The van der Waals surface area contributed by atoms with Crippen molar-refractivity contribution in [2.75, 3.05) is 0 Å². The van der Waals surface area contributed by atoms with Crippen LogP contribution in [0.15, 0.2) is 24.3 Å². The summed E-state index contributed by atoms with van der Waals surface area (Å²) < 4.78 is 0. The molecular formula is C14H19NO. The Bertz CT molecular complexity index is 363. The Morgan fingerprint density at radius 3 is 2.44 bits per heavy atom.